The van der Waals surface area contributed by atoms with E-state index in [4.69, 9.17) is 0 Å². The van der Waals surface area contributed by atoms with Crippen LogP contribution in [0, 0.1) is 5.82 Å². The molecular weight excluding hydrogens is 275 g/mol. The predicted molar refractivity (Wildman–Crippen MR) is 50.3 cm³/mol. The van der Waals surface area contributed by atoms with Gasteiger partial charge in [0.25, 0.3) is 0 Å². The molecule has 0 aliphatic rings. The van der Waals surface area contributed by atoms with Gasteiger partial charge in [-0.3, -0.25) is 0 Å². The molecule has 0 saturated heterocycles. The normalized spacial score (nSPS) is 8.70. The Morgan fingerprint density at radius 2 is 1.80 bits per heavy atom. The van der Waals surface area contributed by atoms with E-state index in [1.54, 1.807) is 12.1 Å². The molecule has 0 N–H and O–H groups in total. The van der Waals surface area contributed by atoms with E-state index in [1.165, 1.54) is 6.07 Å². The van der Waals surface area contributed by atoms with Crippen LogP contribution >= 0.6 is 31.9 Å². The van der Waals surface area contributed by atoms with Crippen LogP contribution in [0.2, 0.25) is 0 Å². The van der Waals surface area contributed by atoms with Crippen molar-refractivity contribution in [3.05, 3.63) is 33.0 Å². The topological polar surface area (TPSA) is 0 Å². The predicted octanol–water partition coefficient (Wildman–Crippen LogP) is 2.43. The summed E-state index contributed by atoms with van der Waals surface area (Å²) in [5, 5.41) is 0. The Kier molecular flexibility index (Phi) is 5.10. The molecule has 0 fully saturated rings. The van der Waals surface area contributed by atoms with Crippen molar-refractivity contribution in [3.63, 3.8) is 0 Å². The number of benzene rings is 1. The Balaban J connectivity index is 0.000000810. The molecule has 0 saturated carbocycles. The lowest BCUT2D eigenvalue weighted by atomic mass is 10.4. The molecule has 52 valence electrons. The smallest absolute Gasteiger partial charge is 0.206 e. The van der Waals surface area contributed by atoms with E-state index in [1.807, 2.05) is 0 Å². The number of rotatable bonds is 0. The Hall–Kier alpha value is 0.876. The molecule has 0 heterocycles. The molecule has 1 rings (SSSR count). The molecule has 0 spiro atoms. The summed E-state index contributed by atoms with van der Waals surface area (Å²) in [6.07, 6.45) is 0. The summed E-state index contributed by atoms with van der Waals surface area (Å²) in [6, 6.07) is 4.71. The van der Waals surface area contributed by atoms with Crippen LogP contribution in [0.25, 0.3) is 0 Å². The maximum Gasteiger partial charge on any atom is 0.316 e. The van der Waals surface area contributed by atoms with Crippen LogP contribution in [0.15, 0.2) is 27.1 Å². The Morgan fingerprint density at radius 3 is 2.20 bits per heavy atom. The number of hydrogen-bond donors (Lipinski definition) is 0. The van der Waals surface area contributed by atoms with E-state index >= 15 is 0 Å². The zero-order valence-corrected chi connectivity index (χ0v) is 7.54. The average Bonchev–Trinajstić information content (AvgIpc) is 1.80. The minimum atomic E-state index is -0.238. The molecule has 0 bridgehead atoms. The van der Waals surface area contributed by atoms with Gasteiger partial charge in [0.2, 0.25) is 0 Å². The highest BCUT2D eigenvalue weighted by Gasteiger charge is 1.95. The first-order chi connectivity index (χ1) is 4.20. The first kappa shape index (κ1) is 10.9. The lowest BCUT2D eigenvalue weighted by Crippen LogP contribution is -1.73. The average molecular weight is 280 g/mol. The van der Waals surface area contributed by atoms with Crippen LogP contribution in [0.4, 0.5) is 4.39 Å². The van der Waals surface area contributed by atoms with Crippen LogP contribution < -0.4 is 0 Å². The summed E-state index contributed by atoms with van der Waals surface area (Å²) in [5.74, 6) is -0.238. The third-order valence-corrected chi connectivity index (χ3v) is 1.98. The molecule has 0 nitrogen and oxygen atoms in total. The fraction of sp³-hybridized carbons (Fsp3) is 0. The van der Waals surface area contributed by atoms with Gasteiger partial charge in [0.1, 0.15) is 5.82 Å². The van der Waals surface area contributed by atoms with Crippen molar-refractivity contribution in [2.24, 2.45) is 0 Å². The van der Waals surface area contributed by atoms with Gasteiger partial charge in [-0.2, -0.15) is 0 Å². The molecule has 0 unspecified atom stereocenters. The second kappa shape index (κ2) is 4.69. The van der Waals surface area contributed by atoms with Crippen molar-refractivity contribution in [3.8, 4) is 0 Å². The number of hydrogen-bond acceptors (Lipinski definition) is 0. The third kappa shape index (κ3) is 2.86. The molecular formula is C6H5Br2FMg. The summed E-state index contributed by atoms with van der Waals surface area (Å²) in [4.78, 5) is 0. The molecule has 1 aromatic rings. The zero-order valence-electron chi connectivity index (χ0n) is 4.37. The minimum absolute atomic E-state index is 0. The van der Waals surface area contributed by atoms with Crippen molar-refractivity contribution in [2.45, 2.75) is 0 Å². The highest BCUT2D eigenvalue weighted by molar-refractivity contribution is 9.11. The fourth-order valence-corrected chi connectivity index (χ4v) is 1.52. The van der Waals surface area contributed by atoms with Gasteiger partial charge in [-0.1, -0.05) is 15.9 Å². The molecule has 4 heteroatoms. The van der Waals surface area contributed by atoms with E-state index in [0.717, 1.165) is 4.47 Å². The SMILES string of the molecule is Fc1ccc(Br)cc1Br.[MgH2]. The van der Waals surface area contributed by atoms with Gasteiger partial charge in [-0.15, -0.1) is 0 Å². The Labute approximate surface area is 91.6 Å². The lowest BCUT2D eigenvalue weighted by molar-refractivity contribution is 0.621. The first-order valence-corrected chi connectivity index (χ1v) is 3.89. The largest absolute Gasteiger partial charge is 0.316 e. The van der Waals surface area contributed by atoms with E-state index in [2.05, 4.69) is 31.9 Å². The van der Waals surface area contributed by atoms with Gasteiger partial charge >= 0.3 is 23.1 Å². The van der Waals surface area contributed by atoms with E-state index in [0.29, 0.717) is 4.47 Å². The fourth-order valence-electron chi connectivity index (χ4n) is 0.470. The summed E-state index contributed by atoms with van der Waals surface area (Å²) < 4.78 is 13.8. The number of halogens is 3. The Bertz CT molecular complexity index is 227. The second-order valence-electron chi connectivity index (χ2n) is 1.56. The summed E-state index contributed by atoms with van der Waals surface area (Å²) in [6.45, 7) is 0. The molecule has 0 aliphatic carbocycles. The summed E-state index contributed by atoms with van der Waals surface area (Å²) >= 11 is 6.24. The quantitative estimate of drug-likeness (QED) is 0.506. The second-order valence-corrected chi connectivity index (χ2v) is 3.33. The van der Waals surface area contributed by atoms with Gasteiger partial charge in [0.15, 0.2) is 0 Å². The molecule has 0 atom stereocenters. The van der Waals surface area contributed by atoms with Crippen LogP contribution in [0.5, 0.6) is 0 Å². The van der Waals surface area contributed by atoms with Crippen LogP contribution in [0.1, 0.15) is 0 Å². The van der Waals surface area contributed by atoms with Crippen LogP contribution in [-0.2, 0) is 0 Å². The van der Waals surface area contributed by atoms with Gasteiger partial charge < -0.3 is 0 Å². The maximum absolute atomic E-state index is 12.4. The van der Waals surface area contributed by atoms with Gasteiger partial charge in [-0.25, -0.2) is 4.39 Å². The van der Waals surface area contributed by atoms with Crippen LogP contribution in [0.3, 0.4) is 0 Å². The summed E-state index contributed by atoms with van der Waals surface area (Å²) in [7, 11) is 0. The van der Waals surface area contributed by atoms with E-state index in [9.17, 15) is 4.39 Å². The molecule has 0 aliphatic heterocycles. The Morgan fingerprint density at radius 1 is 1.20 bits per heavy atom. The molecule has 1 aromatic carbocycles. The lowest BCUT2D eigenvalue weighted by Gasteiger charge is -1.92. The molecule has 10 heavy (non-hydrogen) atoms. The highest BCUT2D eigenvalue weighted by atomic mass is 79.9. The van der Waals surface area contributed by atoms with Crippen molar-refractivity contribution in [1.29, 1.82) is 0 Å². The minimum Gasteiger partial charge on any atom is -0.206 e. The van der Waals surface area contributed by atoms with Gasteiger partial charge in [0, 0.05) is 4.47 Å². The van der Waals surface area contributed by atoms with Gasteiger partial charge in [-0.05, 0) is 34.1 Å². The van der Waals surface area contributed by atoms with Gasteiger partial charge in [0.05, 0.1) is 4.47 Å². The molecule has 0 amide bonds. The first-order valence-electron chi connectivity index (χ1n) is 2.30. The van der Waals surface area contributed by atoms with Crippen LogP contribution in [-0.4, -0.2) is 23.1 Å². The summed E-state index contributed by atoms with van der Waals surface area (Å²) in [5.41, 5.74) is 0. The van der Waals surface area contributed by atoms with E-state index < -0.39 is 0 Å². The maximum atomic E-state index is 12.4. The van der Waals surface area contributed by atoms with E-state index in [-0.39, 0.29) is 28.9 Å². The standard InChI is InChI=1S/C6H3Br2F.Mg.2H/c7-4-1-2-6(9)5(8)3-4;;;/h1-3H;;;. The molecule has 0 aromatic heterocycles. The van der Waals surface area contributed by atoms with Crippen molar-refractivity contribution >= 4 is 54.9 Å². The third-order valence-electron chi connectivity index (χ3n) is 0.882. The monoisotopic (exact) mass is 278 g/mol. The molecule has 0 radical (unpaired) electrons. The van der Waals surface area contributed by atoms with Crippen molar-refractivity contribution < 1.29 is 4.39 Å². The zero-order chi connectivity index (χ0) is 6.85. The highest BCUT2D eigenvalue weighted by Crippen LogP contribution is 2.19. The van der Waals surface area contributed by atoms with Crippen molar-refractivity contribution in [2.75, 3.05) is 0 Å². The van der Waals surface area contributed by atoms with Crippen molar-refractivity contribution in [1.82, 2.24) is 0 Å².